The second-order valence-electron chi connectivity index (χ2n) is 7.58. The molecule has 5 nitrogen and oxygen atoms in total. The summed E-state index contributed by atoms with van der Waals surface area (Å²) >= 11 is 1.78. The van der Waals surface area contributed by atoms with Crippen LogP contribution in [-0.4, -0.2) is 44.2 Å². The topological polar surface area (TPSA) is 63.2 Å². The second-order valence-corrected chi connectivity index (χ2v) is 8.70. The monoisotopic (exact) mass is 389 g/mol. The Labute approximate surface area is 165 Å². The highest BCUT2D eigenvalue weighted by Crippen LogP contribution is 2.43. The number of aromatic nitrogens is 1. The molecule has 0 atom stereocenters. The van der Waals surface area contributed by atoms with Crippen LogP contribution in [0.4, 0.5) is 0 Å². The number of para-hydroxylation sites is 1. The number of carbonyl (C=O) groups is 1. The Morgan fingerprint density at radius 3 is 2.78 bits per heavy atom. The van der Waals surface area contributed by atoms with Gasteiger partial charge in [0.15, 0.2) is 0 Å². The molecule has 1 aromatic heterocycles. The average Bonchev–Trinajstić information content (AvgIpc) is 3.07. The van der Waals surface area contributed by atoms with Gasteiger partial charge in [-0.1, -0.05) is 31.4 Å². The van der Waals surface area contributed by atoms with E-state index in [1.54, 1.807) is 18.4 Å². The third kappa shape index (κ3) is 5.99. The molecular formula is C21H31N3O2S. The molecular weight excluding hydrogens is 358 g/mol. The van der Waals surface area contributed by atoms with Gasteiger partial charge in [-0.05, 0) is 30.4 Å². The summed E-state index contributed by atoms with van der Waals surface area (Å²) in [4.78, 5) is 17.4. The fraction of sp³-hybridized carbons (Fsp3) is 0.619. The standard InChI is InChI=1S/C21H31N3O2S/c1-26-14-13-22-11-12-23-19(25)15-21(9-5-2-6-10-21)16-20-24-17-7-3-4-8-18(17)27-20/h3-4,7-8,22H,2,5-6,9-16H2,1H3,(H,23,25). The molecule has 2 aromatic rings. The van der Waals surface area contributed by atoms with Crippen molar-refractivity contribution in [3.05, 3.63) is 29.3 Å². The van der Waals surface area contributed by atoms with Crippen LogP contribution in [-0.2, 0) is 16.0 Å². The zero-order chi connectivity index (χ0) is 19.0. The lowest BCUT2D eigenvalue weighted by molar-refractivity contribution is -0.124. The Hall–Kier alpha value is -1.50. The number of hydrogen-bond donors (Lipinski definition) is 2. The van der Waals surface area contributed by atoms with Crippen LogP contribution in [0.25, 0.3) is 10.2 Å². The highest BCUT2D eigenvalue weighted by Gasteiger charge is 2.35. The Morgan fingerprint density at radius 1 is 1.19 bits per heavy atom. The molecule has 2 N–H and O–H groups in total. The maximum Gasteiger partial charge on any atom is 0.220 e. The predicted molar refractivity (Wildman–Crippen MR) is 111 cm³/mol. The van der Waals surface area contributed by atoms with Gasteiger partial charge in [0.2, 0.25) is 5.91 Å². The van der Waals surface area contributed by atoms with Gasteiger partial charge in [0.05, 0.1) is 21.8 Å². The number of carbonyl (C=O) groups excluding carboxylic acids is 1. The van der Waals surface area contributed by atoms with E-state index in [2.05, 4.69) is 28.8 Å². The third-order valence-corrected chi connectivity index (χ3v) is 6.46. The number of hydrogen-bond acceptors (Lipinski definition) is 5. The molecule has 3 rings (SSSR count). The summed E-state index contributed by atoms with van der Waals surface area (Å²) < 4.78 is 6.25. The Balaban J connectivity index is 1.56. The lowest BCUT2D eigenvalue weighted by Gasteiger charge is -2.36. The molecule has 0 radical (unpaired) electrons. The Morgan fingerprint density at radius 2 is 2.00 bits per heavy atom. The van der Waals surface area contributed by atoms with Crippen molar-refractivity contribution in [1.82, 2.24) is 15.6 Å². The van der Waals surface area contributed by atoms with E-state index in [4.69, 9.17) is 9.72 Å². The van der Waals surface area contributed by atoms with E-state index in [1.165, 1.54) is 29.0 Å². The SMILES string of the molecule is COCCNCCNC(=O)CC1(Cc2nc3ccccc3s2)CCCCC1. The van der Waals surface area contributed by atoms with E-state index >= 15 is 0 Å². The minimum absolute atomic E-state index is 0.0691. The number of thiazole rings is 1. The lowest BCUT2D eigenvalue weighted by atomic mass is 9.69. The Kier molecular flexibility index (Phi) is 7.61. The molecule has 1 fully saturated rings. The highest BCUT2D eigenvalue weighted by atomic mass is 32.1. The summed E-state index contributed by atoms with van der Waals surface area (Å²) in [6.07, 6.45) is 7.51. The van der Waals surface area contributed by atoms with Crippen LogP contribution in [0.3, 0.4) is 0 Å². The zero-order valence-electron chi connectivity index (χ0n) is 16.3. The zero-order valence-corrected chi connectivity index (χ0v) is 17.1. The van der Waals surface area contributed by atoms with Crippen LogP contribution in [0.1, 0.15) is 43.5 Å². The van der Waals surface area contributed by atoms with E-state index < -0.39 is 0 Å². The highest BCUT2D eigenvalue weighted by molar-refractivity contribution is 7.18. The molecule has 1 saturated carbocycles. The number of nitrogens with zero attached hydrogens (tertiary/aromatic N) is 1. The quantitative estimate of drug-likeness (QED) is 0.610. The summed E-state index contributed by atoms with van der Waals surface area (Å²) in [5, 5.41) is 7.52. The van der Waals surface area contributed by atoms with Gasteiger partial charge in [-0.3, -0.25) is 4.79 Å². The Bertz CT molecular complexity index is 692. The molecule has 0 saturated heterocycles. The lowest BCUT2D eigenvalue weighted by Crippen LogP contribution is -2.38. The van der Waals surface area contributed by atoms with Crippen molar-refractivity contribution < 1.29 is 9.53 Å². The van der Waals surface area contributed by atoms with Gasteiger partial charge in [0, 0.05) is 39.6 Å². The summed E-state index contributed by atoms with van der Waals surface area (Å²) in [6.45, 7) is 2.95. The van der Waals surface area contributed by atoms with Crippen LogP contribution >= 0.6 is 11.3 Å². The van der Waals surface area contributed by atoms with E-state index in [1.807, 2.05) is 6.07 Å². The number of methoxy groups -OCH3 is 1. The molecule has 148 valence electrons. The van der Waals surface area contributed by atoms with Crippen molar-refractivity contribution in [3.8, 4) is 0 Å². The van der Waals surface area contributed by atoms with E-state index in [-0.39, 0.29) is 11.3 Å². The molecule has 1 amide bonds. The first-order chi connectivity index (χ1) is 13.2. The van der Waals surface area contributed by atoms with Crippen molar-refractivity contribution in [2.24, 2.45) is 5.41 Å². The number of fused-ring (bicyclic) bond motifs is 1. The summed E-state index contributed by atoms with van der Waals surface area (Å²) in [6, 6.07) is 8.31. The van der Waals surface area contributed by atoms with Crippen LogP contribution in [0, 0.1) is 5.41 Å². The second kappa shape index (κ2) is 10.2. The summed E-state index contributed by atoms with van der Waals surface area (Å²) in [7, 11) is 1.69. The number of amides is 1. The molecule has 0 bridgehead atoms. The number of ether oxygens (including phenoxy) is 1. The van der Waals surface area contributed by atoms with Crippen molar-refractivity contribution in [2.75, 3.05) is 33.4 Å². The molecule has 1 aliphatic rings. The third-order valence-electron chi connectivity index (χ3n) is 5.42. The van der Waals surface area contributed by atoms with Gasteiger partial charge >= 0.3 is 0 Å². The van der Waals surface area contributed by atoms with Crippen molar-refractivity contribution in [1.29, 1.82) is 0 Å². The van der Waals surface area contributed by atoms with Gasteiger partial charge < -0.3 is 15.4 Å². The molecule has 0 unspecified atom stereocenters. The minimum atomic E-state index is 0.0691. The average molecular weight is 390 g/mol. The maximum absolute atomic E-state index is 12.6. The fourth-order valence-electron chi connectivity index (χ4n) is 4.03. The first-order valence-corrected chi connectivity index (χ1v) is 10.8. The molecule has 1 heterocycles. The van der Waals surface area contributed by atoms with Gasteiger partial charge in [0.1, 0.15) is 0 Å². The van der Waals surface area contributed by atoms with Gasteiger partial charge in [-0.2, -0.15) is 0 Å². The van der Waals surface area contributed by atoms with E-state index in [0.717, 1.165) is 37.9 Å². The normalized spacial score (nSPS) is 16.5. The first-order valence-electron chi connectivity index (χ1n) is 10.0. The first kappa shape index (κ1) is 20.2. The van der Waals surface area contributed by atoms with Gasteiger partial charge in [-0.15, -0.1) is 11.3 Å². The van der Waals surface area contributed by atoms with E-state index in [9.17, 15) is 4.79 Å². The molecule has 0 spiro atoms. The number of benzene rings is 1. The van der Waals surface area contributed by atoms with Crippen LogP contribution in [0.2, 0.25) is 0 Å². The van der Waals surface area contributed by atoms with Crippen LogP contribution < -0.4 is 10.6 Å². The maximum atomic E-state index is 12.6. The number of rotatable bonds is 10. The summed E-state index contributed by atoms with van der Waals surface area (Å²) in [5.74, 6) is 0.173. The van der Waals surface area contributed by atoms with Crippen molar-refractivity contribution in [3.63, 3.8) is 0 Å². The van der Waals surface area contributed by atoms with Gasteiger partial charge in [0.25, 0.3) is 0 Å². The van der Waals surface area contributed by atoms with Crippen molar-refractivity contribution >= 4 is 27.5 Å². The fourth-order valence-corrected chi connectivity index (χ4v) is 5.17. The van der Waals surface area contributed by atoms with E-state index in [0.29, 0.717) is 19.6 Å². The van der Waals surface area contributed by atoms with Gasteiger partial charge in [-0.25, -0.2) is 4.98 Å². The smallest absolute Gasteiger partial charge is 0.220 e. The molecule has 6 heteroatoms. The van der Waals surface area contributed by atoms with Crippen LogP contribution in [0.15, 0.2) is 24.3 Å². The summed E-state index contributed by atoms with van der Waals surface area (Å²) in [5.41, 5.74) is 1.15. The molecule has 27 heavy (non-hydrogen) atoms. The number of nitrogens with one attached hydrogen (secondary N) is 2. The predicted octanol–water partition coefficient (Wildman–Crippen LogP) is 3.53. The molecule has 1 aromatic carbocycles. The van der Waals surface area contributed by atoms with Crippen molar-refractivity contribution in [2.45, 2.75) is 44.9 Å². The van der Waals surface area contributed by atoms with Crippen LogP contribution in [0.5, 0.6) is 0 Å². The molecule has 1 aliphatic carbocycles. The largest absolute Gasteiger partial charge is 0.383 e. The minimum Gasteiger partial charge on any atom is -0.383 e. The molecule has 0 aliphatic heterocycles.